The topological polar surface area (TPSA) is 95.6 Å². The predicted molar refractivity (Wildman–Crippen MR) is 70.9 cm³/mol. The van der Waals surface area contributed by atoms with Crippen molar-refractivity contribution in [2.45, 2.75) is 10.6 Å². The number of amidine groups is 1. The number of nitrogens with one attached hydrogen (secondary N) is 2. The first-order chi connectivity index (χ1) is 8.66. The molecule has 90 valence electrons. The number of nitrogens with zero attached hydrogens (tertiary/aromatic N) is 1. The van der Waals surface area contributed by atoms with Gasteiger partial charge in [-0.1, -0.05) is 0 Å². The summed E-state index contributed by atoms with van der Waals surface area (Å²) in [5.41, 5.74) is 8.14. The van der Waals surface area contributed by atoms with Gasteiger partial charge in [0, 0.05) is 39.9 Å². The fourth-order valence-electron chi connectivity index (χ4n) is 1.99. The highest BCUT2D eigenvalue weighted by atomic mass is 32.2. The minimum atomic E-state index is -0.306. The fraction of sp³-hybridized carbons (Fsp3) is 0.0833. The Labute approximate surface area is 107 Å². The second-order valence-corrected chi connectivity index (χ2v) is 5.00. The molecule has 3 rings (SSSR count). The Balaban J connectivity index is 2.30. The molecule has 4 N–H and O–H groups in total. The Morgan fingerprint density at radius 2 is 2.33 bits per heavy atom. The number of rotatable bonds is 1. The highest BCUT2D eigenvalue weighted by molar-refractivity contribution is 7.98. The summed E-state index contributed by atoms with van der Waals surface area (Å²) in [6.45, 7) is 0. The van der Waals surface area contributed by atoms with E-state index in [9.17, 15) is 4.79 Å². The van der Waals surface area contributed by atoms with Crippen molar-refractivity contribution in [1.29, 1.82) is 5.41 Å². The van der Waals surface area contributed by atoms with Gasteiger partial charge >= 0.3 is 0 Å². The Hall–Kier alpha value is -2.08. The van der Waals surface area contributed by atoms with E-state index in [1.807, 2.05) is 12.3 Å². The molecule has 2 aromatic rings. The average Bonchev–Trinajstić information content (AvgIpc) is 2.37. The van der Waals surface area contributed by atoms with Gasteiger partial charge in [-0.05, 0) is 12.1 Å². The second-order valence-electron chi connectivity index (χ2n) is 3.98. The van der Waals surface area contributed by atoms with Crippen molar-refractivity contribution in [2.75, 3.05) is 0 Å². The van der Waals surface area contributed by atoms with Crippen LogP contribution in [0.5, 0.6) is 0 Å². The van der Waals surface area contributed by atoms with Crippen LogP contribution in [0.2, 0.25) is 0 Å². The molecule has 0 aliphatic carbocycles. The smallest absolute Gasteiger partial charge is 0.259 e. The summed E-state index contributed by atoms with van der Waals surface area (Å²) in [4.78, 5) is 19.7. The molecule has 0 amide bonds. The van der Waals surface area contributed by atoms with E-state index in [1.165, 1.54) is 0 Å². The maximum absolute atomic E-state index is 11.7. The van der Waals surface area contributed by atoms with Crippen molar-refractivity contribution < 1.29 is 0 Å². The molecule has 0 radical (unpaired) electrons. The summed E-state index contributed by atoms with van der Waals surface area (Å²) >= 11 is 1.64. The first kappa shape index (κ1) is 11.0. The molecule has 1 aliphatic rings. The van der Waals surface area contributed by atoms with Crippen LogP contribution in [-0.2, 0) is 5.75 Å². The van der Waals surface area contributed by atoms with Crippen LogP contribution in [-0.4, -0.2) is 15.8 Å². The van der Waals surface area contributed by atoms with Gasteiger partial charge in [0.1, 0.15) is 5.84 Å². The molecule has 0 unspecified atom stereocenters. The number of pyridine rings is 2. The summed E-state index contributed by atoms with van der Waals surface area (Å²) in [5, 5.41) is 7.42. The van der Waals surface area contributed by atoms with Gasteiger partial charge < -0.3 is 10.7 Å². The molecule has 5 nitrogen and oxygen atoms in total. The Morgan fingerprint density at radius 3 is 3.11 bits per heavy atom. The van der Waals surface area contributed by atoms with Crippen molar-refractivity contribution in [3.63, 3.8) is 0 Å². The molecule has 0 fully saturated rings. The van der Waals surface area contributed by atoms with Crippen molar-refractivity contribution in [3.8, 4) is 11.1 Å². The van der Waals surface area contributed by atoms with Crippen LogP contribution in [0, 0.1) is 5.41 Å². The third kappa shape index (κ3) is 1.62. The zero-order chi connectivity index (χ0) is 12.7. The van der Waals surface area contributed by atoms with Crippen molar-refractivity contribution in [2.24, 2.45) is 5.73 Å². The number of fused-ring (bicyclic) bond motifs is 3. The number of aromatic nitrogens is 2. The third-order valence-electron chi connectivity index (χ3n) is 2.86. The second kappa shape index (κ2) is 3.99. The van der Waals surface area contributed by atoms with Crippen LogP contribution in [0.15, 0.2) is 34.2 Å². The lowest BCUT2D eigenvalue weighted by molar-refractivity contribution is 1.09. The summed E-state index contributed by atoms with van der Waals surface area (Å²) < 4.78 is 0. The molecule has 0 bridgehead atoms. The molecule has 0 aromatic carbocycles. The number of H-pyrrole nitrogens is 1. The lowest BCUT2D eigenvalue weighted by Gasteiger charge is -2.18. The van der Waals surface area contributed by atoms with Crippen LogP contribution in [0.3, 0.4) is 0 Å². The molecular formula is C12H10N4OS. The summed E-state index contributed by atoms with van der Waals surface area (Å²) in [5.74, 6) is 0.481. The van der Waals surface area contributed by atoms with E-state index < -0.39 is 0 Å². The summed E-state index contributed by atoms with van der Waals surface area (Å²) in [6.07, 6.45) is 3.52. The predicted octanol–water partition coefficient (Wildman–Crippen LogP) is 1.33. The molecule has 0 spiro atoms. The Morgan fingerprint density at radius 1 is 1.50 bits per heavy atom. The van der Waals surface area contributed by atoms with E-state index in [2.05, 4.69) is 9.97 Å². The standard InChI is InChI=1S/C12H10N4OS/c13-11(14)8-3-7-6-1-2-15-4-10(6)18-5-9(7)16-12(8)17/h1-4H,5H2,(H3,13,14)(H,16,17). The molecule has 3 heterocycles. The van der Waals surface area contributed by atoms with Crippen molar-refractivity contribution in [3.05, 3.63) is 46.1 Å². The molecule has 0 saturated carbocycles. The Bertz CT molecular complexity index is 707. The molecular weight excluding hydrogens is 248 g/mol. The van der Waals surface area contributed by atoms with Crippen molar-refractivity contribution >= 4 is 17.6 Å². The first-order valence-corrected chi connectivity index (χ1v) is 6.33. The van der Waals surface area contributed by atoms with E-state index in [1.54, 1.807) is 24.0 Å². The lowest BCUT2D eigenvalue weighted by atomic mass is 10.0. The largest absolute Gasteiger partial charge is 0.384 e. The highest BCUT2D eigenvalue weighted by Crippen LogP contribution is 2.39. The van der Waals surface area contributed by atoms with E-state index in [4.69, 9.17) is 11.1 Å². The average molecular weight is 258 g/mol. The first-order valence-electron chi connectivity index (χ1n) is 5.34. The van der Waals surface area contributed by atoms with E-state index >= 15 is 0 Å². The zero-order valence-electron chi connectivity index (χ0n) is 9.36. The molecule has 0 atom stereocenters. The van der Waals surface area contributed by atoms with E-state index in [0.717, 1.165) is 21.7 Å². The monoisotopic (exact) mass is 258 g/mol. The van der Waals surface area contributed by atoms with Crippen LogP contribution in [0.25, 0.3) is 11.1 Å². The van der Waals surface area contributed by atoms with E-state index in [-0.39, 0.29) is 17.0 Å². The van der Waals surface area contributed by atoms with Gasteiger partial charge in [0.2, 0.25) is 0 Å². The van der Waals surface area contributed by atoms with Gasteiger partial charge in [0.25, 0.3) is 5.56 Å². The minimum absolute atomic E-state index is 0.211. The maximum Gasteiger partial charge on any atom is 0.259 e. The quantitative estimate of drug-likeness (QED) is 0.531. The SMILES string of the molecule is N=C(N)c1cc2c([nH]c1=O)CSc1cnccc1-2. The number of thioether (sulfide) groups is 1. The number of hydrogen-bond donors (Lipinski definition) is 3. The molecule has 0 saturated heterocycles. The molecule has 6 heteroatoms. The van der Waals surface area contributed by atoms with Gasteiger partial charge in [-0.25, -0.2) is 0 Å². The molecule has 2 aromatic heterocycles. The zero-order valence-corrected chi connectivity index (χ0v) is 10.2. The molecule has 1 aliphatic heterocycles. The van der Waals surface area contributed by atoms with Crippen molar-refractivity contribution in [1.82, 2.24) is 9.97 Å². The Kier molecular flexibility index (Phi) is 2.45. The van der Waals surface area contributed by atoms with Gasteiger partial charge in [-0.15, -0.1) is 11.8 Å². The summed E-state index contributed by atoms with van der Waals surface area (Å²) in [6, 6.07) is 3.59. The van der Waals surface area contributed by atoms with E-state index in [0.29, 0.717) is 5.75 Å². The lowest BCUT2D eigenvalue weighted by Crippen LogP contribution is -2.25. The number of nitrogens with two attached hydrogens (primary N) is 1. The van der Waals surface area contributed by atoms with Gasteiger partial charge in [-0.3, -0.25) is 15.2 Å². The minimum Gasteiger partial charge on any atom is -0.384 e. The van der Waals surface area contributed by atoms with Gasteiger partial charge in [0.05, 0.1) is 5.56 Å². The normalized spacial score (nSPS) is 12.7. The van der Waals surface area contributed by atoms with Crippen LogP contribution >= 0.6 is 11.8 Å². The van der Waals surface area contributed by atoms with Crippen LogP contribution in [0.4, 0.5) is 0 Å². The third-order valence-corrected chi connectivity index (χ3v) is 3.93. The number of aromatic amines is 1. The summed E-state index contributed by atoms with van der Waals surface area (Å²) in [7, 11) is 0. The fourth-order valence-corrected chi connectivity index (χ4v) is 2.99. The molecule has 18 heavy (non-hydrogen) atoms. The van der Waals surface area contributed by atoms with Gasteiger partial charge in [-0.2, -0.15) is 0 Å². The maximum atomic E-state index is 11.7. The number of nitrogen functional groups attached to an aromatic ring is 1. The van der Waals surface area contributed by atoms with Gasteiger partial charge in [0.15, 0.2) is 0 Å². The number of hydrogen-bond acceptors (Lipinski definition) is 4. The van der Waals surface area contributed by atoms with Crippen LogP contribution in [0.1, 0.15) is 11.3 Å². The van der Waals surface area contributed by atoms with Crippen LogP contribution < -0.4 is 11.3 Å². The highest BCUT2D eigenvalue weighted by Gasteiger charge is 2.19.